The first-order chi connectivity index (χ1) is 12.7. The molecule has 4 heterocycles. The molecule has 3 aromatic heterocycles. The number of carbonyl (C=O) groups is 1. The van der Waals surface area contributed by atoms with Crippen molar-refractivity contribution in [1.82, 2.24) is 29.6 Å². The van der Waals surface area contributed by atoms with Gasteiger partial charge in [0, 0.05) is 56.4 Å². The lowest BCUT2D eigenvalue weighted by molar-refractivity contribution is 0.0746. The summed E-state index contributed by atoms with van der Waals surface area (Å²) in [5.41, 5.74) is 1.61. The summed E-state index contributed by atoms with van der Waals surface area (Å²) in [6.07, 6.45) is 6.72. The van der Waals surface area contributed by atoms with Crippen molar-refractivity contribution in [2.24, 2.45) is 0 Å². The van der Waals surface area contributed by atoms with Crippen molar-refractivity contribution < 1.29 is 4.79 Å². The second-order valence-corrected chi connectivity index (χ2v) is 6.15. The van der Waals surface area contributed by atoms with E-state index in [1.807, 2.05) is 30.2 Å². The van der Waals surface area contributed by atoms with Crippen LogP contribution < -0.4 is 4.90 Å². The van der Waals surface area contributed by atoms with Gasteiger partial charge in [0.2, 0.25) is 0 Å². The summed E-state index contributed by atoms with van der Waals surface area (Å²) < 4.78 is 1.74. The van der Waals surface area contributed by atoms with E-state index >= 15 is 0 Å². The topological polar surface area (TPSA) is 80.0 Å². The molecule has 3 aromatic rings. The summed E-state index contributed by atoms with van der Waals surface area (Å²) in [6, 6.07) is 7.35. The Balaban J connectivity index is 1.44. The van der Waals surface area contributed by atoms with E-state index < -0.39 is 0 Å². The fourth-order valence-corrected chi connectivity index (χ4v) is 2.99. The number of carbonyl (C=O) groups excluding carboxylic acids is 1. The summed E-state index contributed by atoms with van der Waals surface area (Å²) >= 11 is 0. The number of hydrogen-bond donors (Lipinski definition) is 0. The fourth-order valence-electron chi connectivity index (χ4n) is 2.99. The van der Waals surface area contributed by atoms with Crippen LogP contribution in [-0.2, 0) is 0 Å². The molecule has 1 fully saturated rings. The van der Waals surface area contributed by atoms with E-state index in [0.717, 1.165) is 30.4 Å². The van der Waals surface area contributed by atoms with Gasteiger partial charge >= 0.3 is 0 Å². The Bertz CT molecular complexity index is 901. The minimum atomic E-state index is 0.0439. The summed E-state index contributed by atoms with van der Waals surface area (Å²) in [5.74, 6) is 1.62. The third-order valence-corrected chi connectivity index (χ3v) is 4.41. The van der Waals surface area contributed by atoms with Crippen LogP contribution in [-0.4, -0.2) is 61.7 Å². The van der Waals surface area contributed by atoms with Crippen molar-refractivity contribution in [2.75, 3.05) is 31.1 Å². The van der Waals surface area contributed by atoms with Gasteiger partial charge in [-0.15, -0.1) is 0 Å². The highest BCUT2D eigenvalue weighted by molar-refractivity contribution is 5.94. The zero-order valence-electron chi connectivity index (χ0n) is 14.5. The first-order valence-electron chi connectivity index (χ1n) is 8.50. The molecule has 0 aliphatic carbocycles. The molecule has 0 bridgehead atoms. The summed E-state index contributed by atoms with van der Waals surface area (Å²) in [7, 11) is 0. The lowest BCUT2D eigenvalue weighted by Gasteiger charge is -2.35. The largest absolute Gasteiger partial charge is 0.353 e. The van der Waals surface area contributed by atoms with E-state index in [9.17, 15) is 4.79 Å². The fraction of sp³-hybridized carbons (Fsp3) is 0.278. The van der Waals surface area contributed by atoms with Crippen LogP contribution in [0.25, 0.3) is 5.82 Å². The van der Waals surface area contributed by atoms with Crippen molar-refractivity contribution in [3.63, 3.8) is 0 Å². The van der Waals surface area contributed by atoms with Crippen LogP contribution in [0.4, 0.5) is 5.82 Å². The molecule has 8 nitrogen and oxygen atoms in total. The van der Waals surface area contributed by atoms with Gasteiger partial charge in [-0.1, -0.05) is 0 Å². The summed E-state index contributed by atoms with van der Waals surface area (Å²) in [4.78, 5) is 29.2. The number of aryl methyl sites for hydroxylation is 1. The van der Waals surface area contributed by atoms with Crippen LogP contribution in [0, 0.1) is 6.92 Å². The predicted molar refractivity (Wildman–Crippen MR) is 96.2 cm³/mol. The SMILES string of the molecule is Cc1ccn(-c2cc(N3CCN(C(=O)c4ccncc4)CC3)ncn2)n1. The van der Waals surface area contributed by atoms with Gasteiger partial charge in [0.05, 0.1) is 5.69 Å². The van der Waals surface area contributed by atoms with Crippen LogP contribution in [0.2, 0.25) is 0 Å². The number of piperazine rings is 1. The highest BCUT2D eigenvalue weighted by Crippen LogP contribution is 2.17. The van der Waals surface area contributed by atoms with Gasteiger partial charge in [0.25, 0.3) is 5.91 Å². The Morgan fingerprint density at radius 1 is 1.00 bits per heavy atom. The number of hydrogen-bond acceptors (Lipinski definition) is 6. The number of rotatable bonds is 3. The van der Waals surface area contributed by atoms with E-state index in [0.29, 0.717) is 18.7 Å². The number of nitrogens with zero attached hydrogens (tertiary/aromatic N) is 7. The Morgan fingerprint density at radius 2 is 1.73 bits per heavy atom. The standard InChI is InChI=1S/C18H19N7O/c1-14-4-7-25(22-14)17-12-16(20-13-21-17)23-8-10-24(11-9-23)18(26)15-2-5-19-6-3-15/h2-7,12-13H,8-11H2,1H3. The highest BCUT2D eigenvalue weighted by Gasteiger charge is 2.23. The Labute approximate surface area is 151 Å². The second kappa shape index (κ2) is 6.91. The average Bonchev–Trinajstić information content (AvgIpc) is 3.15. The molecule has 0 atom stereocenters. The first kappa shape index (κ1) is 16.2. The smallest absolute Gasteiger partial charge is 0.254 e. The van der Waals surface area contributed by atoms with E-state index in [4.69, 9.17) is 0 Å². The molecule has 1 amide bonds. The molecular formula is C18H19N7O. The van der Waals surface area contributed by atoms with Gasteiger partial charge in [-0.05, 0) is 25.1 Å². The molecule has 1 aliphatic heterocycles. The Hall–Kier alpha value is -3.29. The molecule has 1 aliphatic rings. The Morgan fingerprint density at radius 3 is 2.42 bits per heavy atom. The van der Waals surface area contributed by atoms with Crippen LogP contribution in [0.5, 0.6) is 0 Å². The van der Waals surface area contributed by atoms with Crippen LogP contribution in [0.3, 0.4) is 0 Å². The van der Waals surface area contributed by atoms with E-state index in [1.165, 1.54) is 0 Å². The number of aromatic nitrogens is 5. The molecule has 8 heteroatoms. The van der Waals surface area contributed by atoms with Crippen LogP contribution >= 0.6 is 0 Å². The lowest BCUT2D eigenvalue weighted by Crippen LogP contribution is -2.49. The Kier molecular flexibility index (Phi) is 4.30. The van der Waals surface area contributed by atoms with E-state index in [-0.39, 0.29) is 5.91 Å². The first-order valence-corrected chi connectivity index (χ1v) is 8.50. The van der Waals surface area contributed by atoms with Crippen molar-refractivity contribution in [2.45, 2.75) is 6.92 Å². The molecule has 4 rings (SSSR count). The van der Waals surface area contributed by atoms with Gasteiger partial charge in [-0.25, -0.2) is 14.6 Å². The third kappa shape index (κ3) is 3.26. The van der Waals surface area contributed by atoms with Crippen LogP contribution in [0.1, 0.15) is 16.1 Å². The van der Waals surface area contributed by atoms with Crippen molar-refractivity contribution in [3.8, 4) is 5.82 Å². The normalized spacial score (nSPS) is 14.5. The maximum Gasteiger partial charge on any atom is 0.254 e. The van der Waals surface area contributed by atoms with Crippen molar-refractivity contribution in [1.29, 1.82) is 0 Å². The molecule has 0 spiro atoms. The molecular weight excluding hydrogens is 330 g/mol. The lowest BCUT2D eigenvalue weighted by atomic mass is 10.2. The monoisotopic (exact) mass is 349 g/mol. The molecule has 0 aromatic carbocycles. The molecule has 0 unspecified atom stereocenters. The molecule has 0 saturated carbocycles. The number of anilines is 1. The molecule has 0 N–H and O–H groups in total. The molecule has 0 radical (unpaired) electrons. The zero-order valence-corrected chi connectivity index (χ0v) is 14.5. The number of amides is 1. The summed E-state index contributed by atoms with van der Waals surface area (Å²) in [6.45, 7) is 4.71. The highest BCUT2D eigenvalue weighted by atomic mass is 16.2. The predicted octanol–water partition coefficient (Wildman–Crippen LogP) is 1.33. The quantitative estimate of drug-likeness (QED) is 0.710. The van der Waals surface area contributed by atoms with E-state index in [1.54, 1.807) is 35.5 Å². The van der Waals surface area contributed by atoms with Gasteiger partial charge in [0.1, 0.15) is 12.1 Å². The molecule has 26 heavy (non-hydrogen) atoms. The average molecular weight is 349 g/mol. The van der Waals surface area contributed by atoms with Gasteiger partial charge in [-0.3, -0.25) is 9.78 Å². The van der Waals surface area contributed by atoms with Crippen molar-refractivity contribution in [3.05, 3.63) is 60.4 Å². The minimum absolute atomic E-state index is 0.0439. The minimum Gasteiger partial charge on any atom is -0.353 e. The van der Waals surface area contributed by atoms with Gasteiger partial charge < -0.3 is 9.80 Å². The molecule has 1 saturated heterocycles. The summed E-state index contributed by atoms with van der Waals surface area (Å²) in [5, 5.41) is 4.39. The maximum absolute atomic E-state index is 12.5. The second-order valence-electron chi connectivity index (χ2n) is 6.15. The van der Waals surface area contributed by atoms with Crippen LogP contribution in [0.15, 0.2) is 49.2 Å². The van der Waals surface area contributed by atoms with E-state index in [2.05, 4.69) is 25.0 Å². The third-order valence-electron chi connectivity index (χ3n) is 4.41. The van der Waals surface area contributed by atoms with Gasteiger partial charge in [0.15, 0.2) is 5.82 Å². The molecule has 132 valence electrons. The van der Waals surface area contributed by atoms with Gasteiger partial charge in [-0.2, -0.15) is 5.10 Å². The van der Waals surface area contributed by atoms with Crippen molar-refractivity contribution >= 4 is 11.7 Å². The number of pyridine rings is 1. The maximum atomic E-state index is 12.5. The zero-order chi connectivity index (χ0) is 17.9.